The largest absolute Gasteiger partial charge is 0.497 e. The Kier molecular flexibility index (Phi) is 2.76. The van der Waals surface area contributed by atoms with Crippen LogP contribution in [0.1, 0.15) is 30.9 Å². The number of halogens is 1. The number of allylic oxidation sites excluding steroid dienone is 2. The number of benzene rings is 1. The Balaban J connectivity index is 2.56. The molecule has 0 amide bonds. The predicted molar refractivity (Wildman–Crippen MR) is 59.5 cm³/mol. The van der Waals surface area contributed by atoms with E-state index in [9.17, 15) is 4.39 Å². The van der Waals surface area contributed by atoms with Gasteiger partial charge in [-0.05, 0) is 42.0 Å². The van der Waals surface area contributed by atoms with Crippen molar-refractivity contribution >= 4 is 5.57 Å². The van der Waals surface area contributed by atoms with E-state index in [2.05, 4.69) is 13.0 Å². The maximum absolute atomic E-state index is 13.7. The highest BCUT2D eigenvalue weighted by atomic mass is 19.1. The highest BCUT2D eigenvalue weighted by molar-refractivity contribution is 5.71. The summed E-state index contributed by atoms with van der Waals surface area (Å²) in [4.78, 5) is 0. The average molecular weight is 206 g/mol. The van der Waals surface area contributed by atoms with Crippen molar-refractivity contribution in [1.29, 1.82) is 0 Å². The van der Waals surface area contributed by atoms with Crippen molar-refractivity contribution in [2.45, 2.75) is 26.2 Å². The maximum Gasteiger partial charge on any atom is 0.130 e. The lowest BCUT2D eigenvalue weighted by molar-refractivity contribution is 0.410. The van der Waals surface area contributed by atoms with Crippen LogP contribution in [0.3, 0.4) is 0 Å². The van der Waals surface area contributed by atoms with Crippen LogP contribution in [-0.4, -0.2) is 7.11 Å². The van der Waals surface area contributed by atoms with Gasteiger partial charge in [-0.25, -0.2) is 4.39 Å². The number of methoxy groups -OCH3 is 1. The van der Waals surface area contributed by atoms with Crippen molar-refractivity contribution in [3.8, 4) is 5.75 Å². The van der Waals surface area contributed by atoms with E-state index < -0.39 is 0 Å². The molecule has 1 aliphatic carbocycles. The van der Waals surface area contributed by atoms with Crippen molar-refractivity contribution < 1.29 is 9.13 Å². The quantitative estimate of drug-likeness (QED) is 0.718. The Hall–Kier alpha value is -1.31. The van der Waals surface area contributed by atoms with Crippen LogP contribution in [0.15, 0.2) is 18.2 Å². The van der Waals surface area contributed by atoms with Gasteiger partial charge in [-0.15, -0.1) is 0 Å². The molecule has 0 bridgehead atoms. The fourth-order valence-electron chi connectivity index (χ4n) is 2.11. The van der Waals surface area contributed by atoms with Gasteiger partial charge in [0.15, 0.2) is 0 Å². The van der Waals surface area contributed by atoms with Crippen molar-refractivity contribution in [2.24, 2.45) is 0 Å². The number of fused-ring (bicyclic) bond motifs is 1. The number of rotatable bonds is 2. The minimum absolute atomic E-state index is 0.136. The van der Waals surface area contributed by atoms with Crippen molar-refractivity contribution in [3.63, 3.8) is 0 Å². The van der Waals surface area contributed by atoms with Gasteiger partial charge in [0, 0.05) is 6.07 Å². The van der Waals surface area contributed by atoms with Crippen LogP contribution in [0.4, 0.5) is 4.39 Å². The average Bonchev–Trinajstić information content (AvgIpc) is 2.28. The Labute approximate surface area is 89.6 Å². The first-order valence-corrected chi connectivity index (χ1v) is 5.32. The summed E-state index contributed by atoms with van der Waals surface area (Å²) in [6.07, 6.45) is 4.88. The van der Waals surface area contributed by atoms with Crippen molar-refractivity contribution in [3.05, 3.63) is 35.2 Å². The smallest absolute Gasteiger partial charge is 0.130 e. The molecule has 0 aliphatic heterocycles. The van der Waals surface area contributed by atoms with E-state index in [1.165, 1.54) is 11.6 Å². The first kappa shape index (κ1) is 10.2. The summed E-state index contributed by atoms with van der Waals surface area (Å²) in [5.41, 5.74) is 3.10. The molecule has 0 unspecified atom stereocenters. The molecule has 0 aromatic heterocycles. The summed E-state index contributed by atoms with van der Waals surface area (Å²) in [7, 11) is 1.57. The van der Waals surface area contributed by atoms with E-state index in [0.29, 0.717) is 5.75 Å². The minimum Gasteiger partial charge on any atom is -0.497 e. The van der Waals surface area contributed by atoms with Crippen LogP contribution >= 0.6 is 0 Å². The van der Waals surface area contributed by atoms with Crippen molar-refractivity contribution in [1.82, 2.24) is 0 Å². The fraction of sp³-hybridized carbons (Fsp3) is 0.385. The van der Waals surface area contributed by atoms with Gasteiger partial charge >= 0.3 is 0 Å². The molecule has 0 saturated carbocycles. The molecule has 1 aliphatic rings. The maximum atomic E-state index is 13.7. The molecule has 0 fully saturated rings. The van der Waals surface area contributed by atoms with Crippen LogP contribution in [-0.2, 0) is 6.42 Å². The third-order valence-electron chi connectivity index (χ3n) is 2.92. The van der Waals surface area contributed by atoms with E-state index >= 15 is 0 Å². The second-order valence-electron chi connectivity index (χ2n) is 3.76. The summed E-state index contributed by atoms with van der Waals surface area (Å²) in [6, 6.07) is 3.41. The third-order valence-corrected chi connectivity index (χ3v) is 2.92. The van der Waals surface area contributed by atoms with Crippen LogP contribution in [0, 0.1) is 5.82 Å². The van der Waals surface area contributed by atoms with Gasteiger partial charge in [-0.3, -0.25) is 0 Å². The third kappa shape index (κ3) is 1.76. The molecule has 2 rings (SSSR count). The van der Waals surface area contributed by atoms with Gasteiger partial charge in [0.1, 0.15) is 11.6 Å². The first-order valence-electron chi connectivity index (χ1n) is 5.32. The van der Waals surface area contributed by atoms with Gasteiger partial charge in [-0.1, -0.05) is 13.0 Å². The SMILES string of the molecule is CCC1=CCCc2c(F)cc(OC)cc21. The van der Waals surface area contributed by atoms with E-state index in [1.54, 1.807) is 7.11 Å². The molecular formula is C13H15FO. The standard InChI is InChI=1S/C13H15FO/c1-3-9-5-4-6-11-12(9)7-10(15-2)8-13(11)14/h5,7-8H,3-4,6H2,1-2H3. The van der Waals surface area contributed by atoms with Gasteiger partial charge in [0.2, 0.25) is 0 Å². The Morgan fingerprint density at radius 1 is 1.40 bits per heavy atom. The van der Waals surface area contributed by atoms with Crippen LogP contribution in [0.25, 0.3) is 5.57 Å². The highest BCUT2D eigenvalue weighted by Crippen LogP contribution is 2.33. The number of hydrogen-bond acceptors (Lipinski definition) is 1. The molecule has 0 N–H and O–H groups in total. The lowest BCUT2D eigenvalue weighted by Crippen LogP contribution is -2.03. The van der Waals surface area contributed by atoms with Crippen LogP contribution in [0.2, 0.25) is 0 Å². The molecular weight excluding hydrogens is 191 g/mol. The summed E-state index contributed by atoms with van der Waals surface area (Å²) in [6.45, 7) is 2.10. The molecule has 1 nitrogen and oxygen atoms in total. The Morgan fingerprint density at radius 3 is 2.87 bits per heavy atom. The van der Waals surface area contributed by atoms with Gasteiger partial charge in [0.25, 0.3) is 0 Å². The Bertz CT molecular complexity index is 407. The summed E-state index contributed by atoms with van der Waals surface area (Å²) in [5.74, 6) is 0.468. The van der Waals surface area contributed by atoms with E-state index in [4.69, 9.17) is 4.74 Å². The zero-order valence-electron chi connectivity index (χ0n) is 9.14. The predicted octanol–water partition coefficient (Wildman–Crippen LogP) is 3.57. The highest BCUT2D eigenvalue weighted by Gasteiger charge is 2.16. The molecule has 1 aromatic carbocycles. The second kappa shape index (κ2) is 4.05. The summed E-state index contributed by atoms with van der Waals surface area (Å²) < 4.78 is 18.8. The zero-order valence-corrected chi connectivity index (χ0v) is 9.14. The van der Waals surface area contributed by atoms with E-state index in [-0.39, 0.29) is 5.82 Å². The lowest BCUT2D eigenvalue weighted by atomic mass is 9.89. The number of ether oxygens (including phenoxy) is 1. The topological polar surface area (TPSA) is 9.23 Å². The van der Waals surface area contributed by atoms with E-state index in [1.807, 2.05) is 6.07 Å². The summed E-state index contributed by atoms with van der Waals surface area (Å²) in [5, 5.41) is 0. The second-order valence-corrected chi connectivity index (χ2v) is 3.76. The lowest BCUT2D eigenvalue weighted by Gasteiger charge is -2.18. The molecule has 15 heavy (non-hydrogen) atoms. The molecule has 0 spiro atoms. The molecule has 80 valence electrons. The van der Waals surface area contributed by atoms with Crippen molar-refractivity contribution in [2.75, 3.05) is 7.11 Å². The minimum atomic E-state index is -0.136. The Morgan fingerprint density at radius 2 is 2.20 bits per heavy atom. The van der Waals surface area contributed by atoms with E-state index in [0.717, 1.165) is 30.4 Å². The molecule has 0 radical (unpaired) electrons. The van der Waals surface area contributed by atoms with Crippen LogP contribution < -0.4 is 4.74 Å². The van der Waals surface area contributed by atoms with Gasteiger partial charge < -0.3 is 4.74 Å². The van der Waals surface area contributed by atoms with Crippen LogP contribution in [0.5, 0.6) is 5.75 Å². The molecule has 1 aromatic rings. The van der Waals surface area contributed by atoms with Gasteiger partial charge in [0.05, 0.1) is 7.11 Å². The number of hydrogen-bond donors (Lipinski definition) is 0. The fourth-order valence-corrected chi connectivity index (χ4v) is 2.11. The molecule has 0 heterocycles. The molecule has 2 heteroatoms. The molecule has 0 saturated heterocycles. The molecule has 0 atom stereocenters. The summed E-state index contributed by atoms with van der Waals surface area (Å²) >= 11 is 0. The van der Waals surface area contributed by atoms with Gasteiger partial charge in [-0.2, -0.15) is 0 Å². The zero-order chi connectivity index (χ0) is 10.8. The monoisotopic (exact) mass is 206 g/mol. The first-order chi connectivity index (χ1) is 7.26. The normalized spacial score (nSPS) is 14.5.